The lowest BCUT2D eigenvalue weighted by Crippen LogP contribution is -2.37. The summed E-state index contributed by atoms with van der Waals surface area (Å²) >= 11 is 1.37. The highest BCUT2D eigenvalue weighted by Gasteiger charge is 2.25. The van der Waals surface area contributed by atoms with Crippen LogP contribution < -0.4 is 10.0 Å². The van der Waals surface area contributed by atoms with Gasteiger partial charge in [0.05, 0.1) is 0 Å². The zero-order valence-corrected chi connectivity index (χ0v) is 14.0. The van der Waals surface area contributed by atoms with Crippen LogP contribution in [0.3, 0.4) is 0 Å². The maximum absolute atomic E-state index is 12.3. The highest BCUT2D eigenvalue weighted by atomic mass is 32.2. The lowest BCUT2D eigenvalue weighted by atomic mass is 10.2. The number of hydrogen-bond donors (Lipinski definition) is 2. The summed E-state index contributed by atoms with van der Waals surface area (Å²) in [6, 6.07) is 4.60. The maximum atomic E-state index is 12.3. The molecule has 21 heavy (non-hydrogen) atoms. The van der Waals surface area contributed by atoms with Crippen molar-refractivity contribution in [1.82, 2.24) is 14.9 Å². The van der Waals surface area contributed by atoms with Gasteiger partial charge in [0, 0.05) is 30.1 Å². The van der Waals surface area contributed by atoms with Gasteiger partial charge < -0.3 is 10.2 Å². The zero-order chi connectivity index (χ0) is 14.9. The van der Waals surface area contributed by atoms with Crippen molar-refractivity contribution >= 4 is 21.4 Å². The van der Waals surface area contributed by atoms with Gasteiger partial charge in [-0.25, -0.2) is 13.1 Å². The van der Waals surface area contributed by atoms with Crippen molar-refractivity contribution in [3.8, 4) is 0 Å². The molecule has 0 bridgehead atoms. The van der Waals surface area contributed by atoms with E-state index in [1.54, 1.807) is 6.07 Å². The highest BCUT2D eigenvalue weighted by Crippen LogP contribution is 2.24. The summed E-state index contributed by atoms with van der Waals surface area (Å²) in [5.41, 5.74) is 0. The fourth-order valence-corrected chi connectivity index (χ4v) is 5.07. The van der Waals surface area contributed by atoms with Gasteiger partial charge >= 0.3 is 0 Å². The summed E-state index contributed by atoms with van der Waals surface area (Å²) in [5.74, 6) is 0. The third-order valence-corrected chi connectivity index (χ3v) is 7.23. The smallest absolute Gasteiger partial charge is 0.250 e. The zero-order valence-electron chi connectivity index (χ0n) is 12.3. The fourth-order valence-electron chi connectivity index (χ4n) is 2.64. The number of nitrogens with one attached hydrogen (secondary N) is 2. The molecule has 1 saturated heterocycles. The van der Waals surface area contributed by atoms with Crippen molar-refractivity contribution in [3.63, 3.8) is 0 Å². The molecule has 7 heteroatoms. The van der Waals surface area contributed by atoms with Gasteiger partial charge in [0.15, 0.2) is 0 Å². The first-order valence-electron chi connectivity index (χ1n) is 7.56. The van der Waals surface area contributed by atoms with Crippen molar-refractivity contribution in [3.05, 3.63) is 17.0 Å². The normalized spacial score (nSPS) is 23.8. The number of thiophene rings is 1. The quantitative estimate of drug-likeness (QED) is 0.793. The van der Waals surface area contributed by atoms with E-state index >= 15 is 0 Å². The molecule has 0 spiro atoms. The van der Waals surface area contributed by atoms with Crippen molar-refractivity contribution in [2.24, 2.45) is 0 Å². The van der Waals surface area contributed by atoms with Gasteiger partial charge in [-0.15, -0.1) is 11.3 Å². The molecule has 1 aromatic heterocycles. The molecular weight excluding hydrogens is 306 g/mol. The van der Waals surface area contributed by atoms with Crippen LogP contribution in [0.25, 0.3) is 0 Å². The van der Waals surface area contributed by atoms with Gasteiger partial charge in [-0.05, 0) is 51.4 Å². The summed E-state index contributed by atoms with van der Waals surface area (Å²) in [6.07, 6.45) is 4.71. The van der Waals surface area contributed by atoms with E-state index in [0.29, 0.717) is 22.8 Å². The average Bonchev–Trinajstić information content (AvgIpc) is 2.98. The minimum atomic E-state index is -3.36. The van der Waals surface area contributed by atoms with E-state index in [2.05, 4.69) is 22.0 Å². The standard InChI is InChI=1S/C14H23N3O2S2/c1-17-8-2-3-12(17)9-16-21(18,19)14-7-6-13(20-14)10-15-11-4-5-11/h6-7,11-12,15-16H,2-5,8-10H2,1H3. The van der Waals surface area contributed by atoms with E-state index in [-0.39, 0.29) is 0 Å². The Morgan fingerprint density at radius 2 is 2.14 bits per heavy atom. The number of likely N-dealkylation sites (tertiary alicyclic amines) is 1. The molecule has 1 aliphatic heterocycles. The molecular formula is C14H23N3O2S2. The van der Waals surface area contributed by atoms with Crippen molar-refractivity contribution < 1.29 is 8.42 Å². The Hall–Kier alpha value is -0.470. The molecule has 2 aliphatic rings. The van der Waals surface area contributed by atoms with Gasteiger partial charge in [-0.3, -0.25) is 0 Å². The van der Waals surface area contributed by atoms with Crippen LogP contribution in [0.5, 0.6) is 0 Å². The molecule has 0 aromatic carbocycles. The molecule has 1 saturated carbocycles. The summed E-state index contributed by atoms with van der Waals surface area (Å²) in [6.45, 7) is 2.34. The third kappa shape index (κ3) is 4.04. The van der Waals surface area contributed by atoms with Crippen LogP contribution in [-0.2, 0) is 16.6 Å². The largest absolute Gasteiger partial charge is 0.309 e. The van der Waals surface area contributed by atoms with E-state index in [1.165, 1.54) is 24.2 Å². The van der Waals surface area contributed by atoms with E-state index < -0.39 is 10.0 Å². The Morgan fingerprint density at radius 3 is 2.81 bits per heavy atom. The van der Waals surface area contributed by atoms with Gasteiger partial charge in [-0.2, -0.15) is 0 Å². The maximum Gasteiger partial charge on any atom is 0.250 e. The van der Waals surface area contributed by atoms with E-state index in [9.17, 15) is 8.42 Å². The van der Waals surface area contributed by atoms with Gasteiger partial charge in [-0.1, -0.05) is 0 Å². The van der Waals surface area contributed by atoms with E-state index in [0.717, 1.165) is 30.8 Å². The first-order chi connectivity index (χ1) is 10.0. The SMILES string of the molecule is CN1CCCC1CNS(=O)(=O)c1ccc(CNC2CC2)s1. The predicted octanol–water partition coefficient (Wildman–Crippen LogP) is 1.37. The Bertz CT molecular complexity index is 581. The van der Waals surface area contributed by atoms with Crippen LogP contribution in [-0.4, -0.2) is 45.5 Å². The third-order valence-electron chi connectivity index (χ3n) is 4.22. The van der Waals surface area contributed by atoms with Crippen LogP contribution in [0.1, 0.15) is 30.6 Å². The van der Waals surface area contributed by atoms with Crippen molar-refractivity contribution in [2.75, 3.05) is 20.1 Å². The van der Waals surface area contributed by atoms with Crippen molar-refractivity contribution in [2.45, 2.75) is 48.5 Å². The Balaban J connectivity index is 1.55. The summed E-state index contributed by atoms with van der Waals surface area (Å²) < 4.78 is 27.8. The van der Waals surface area contributed by atoms with Crippen molar-refractivity contribution in [1.29, 1.82) is 0 Å². The van der Waals surface area contributed by atoms with Gasteiger partial charge in [0.2, 0.25) is 10.0 Å². The van der Waals surface area contributed by atoms with E-state index in [4.69, 9.17) is 0 Å². The van der Waals surface area contributed by atoms with Gasteiger partial charge in [0.1, 0.15) is 4.21 Å². The van der Waals surface area contributed by atoms with Crippen LogP contribution in [0.4, 0.5) is 0 Å². The van der Waals surface area contributed by atoms with Gasteiger partial charge in [0.25, 0.3) is 0 Å². The Morgan fingerprint density at radius 1 is 1.33 bits per heavy atom. The van der Waals surface area contributed by atoms with Crippen LogP contribution in [0, 0.1) is 0 Å². The average molecular weight is 329 g/mol. The summed E-state index contributed by atoms with van der Waals surface area (Å²) in [5, 5.41) is 3.41. The first-order valence-corrected chi connectivity index (χ1v) is 9.86. The minimum Gasteiger partial charge on any atom is -0.309 e. The summed E-state index contributed by atoms with van der Waals surface area (Å²) in [7, 11) is -1.30. The molecule has 0 amide bonds. The monoisotopic (exact) mass is 329 g/mol. The molecule has 1 aromatic rings. The second-order valence-electron chi connectivity index (χ2n) is 6.00. The number of sulfonamides is 1. The molecule has 0 radical (unpaired) electrons. The first kappa shape index (κ1) is 15.4. The molecule has 1 atom stereocenters. The summed E-state index contributed by atoms with van der Waals surface area (Å²) in [4.78, 5) is 3.31. The van der Waals surface area contributed by atoms with Crippen LogP contribution >= 0.6 is 11.3 Å². The fraction of sp³-hybridized carbons (Fsp3) is 0.714. The second kappa shape index (κ2) is 6.34. The molecule has 118 valence electrons. The minimum absolute atomic E-state index is 0.329. The molecule has 1 unspecified atom stereocenters. The lowest BCUT2D eigenvalue weighted by molar-refractivity contribution is 0.311. The Labute approximate surface area is 130 Å². The lowest BCUT2D eigenvalue weighted by Gasteiger charge is -2.19. The molecule has 1 aliphatic carbocycles. The second-order valence-corrected chi connectivity index (χ2v) is 9.17. The predicted molar refractivity (Wildman–Crippen MR) is 85.0 cm³/mol. The van der Waals surface area contributed by atoms with Crippen LogP contribution in [0.15, 0.2) is 16.3 Å². The number of hydrogen-bond acceptors (Lipinski definition) is 5. The molecule has 2 fully saturated rings. The highest BCUT2D eigenvalue weighted by molar-refractivity contribution is 7.91. The number of nitrogens with zero attached hydrogens (tertiary/aromatic N) is 1. The molecule has 2 N–H and O–H groups in total. The number of rotatable bonds is 7. The topological polar surface area (TPSA) is 61.4 Å². The molecule has 2 heterocycles. The van der Waals surface area contributed by atoms with E-state index in [1.807, 2.05) is 6.07 Å². The number of likely N-dealkylation sites (N-methyl/N-ethyl adjacent to an activating group) is 1. The Kier molecular flexibility index (Phi) is 4.66. The molecule has 5 nitrogen and oxygen atoms in total. The van der Waals surface area contributed by atoms with Crippen LogP contribution in [0.2, 0.25) is 0 Å². The molecule has 3 rings (SSSR count).